The third kappa shape index (κ3) is 2.43. The normalized spacial score (nSPS) is 41.5. The first-order valence-electron chi connectivity index (χ1n) is 7.39. The molecule has 112 valence electrons. The molecule has 5 nitrogen and oxygen atoms in total. The summed E-state index contributed by atoms with van der Waals surface area (Å²) in [5, 5.41) is 0. The highest BCUT2D eigenvalue weighted by Gasteiger charge is 2.56. The summed E-state index contributed by atoms with van der Waals surface area (Å²) in [7, 11) is 1.38. The van der Waals surface area contributed by atoms with Crippen LogP contribution >= 0.6 is 0 Å². The molecule has 4 saturated carbocycles. The minimum Gasteiger partial charge on any atom is -0.467 e. The monoisotopic (exact) mass is 282 g/mol. The molecule has 2 unspecified atom stereocenters. The van der Waals surface area contributed by atoms with Crippen LogP contribution < -0.4 is 0 Å². The molecule has 0 radical (unpaired) electrons. The average Bonchev–Trinajstić information content (AvgIpc) is 2.43. The predicted molar refractivity (Wildman–Crippen MR) is 69.8 cm³/mol. The van der Waals surface area contributed by atoms with Crippen molar-refractivity contribution in [2.45, 2.75) is 38.2 Å². The first-order chi connectivity index (χ1) is 9.65. The third-order valence-electron chi connectivity index (χ3n) is 5.39. The Kier molecular flexibility index (Phi) is 3.71. The summed E-state index contributed by atoms with van der Waals surface area (Å²) in [4.78, 5) is 21.7. The molecule has 4 rings (SSSR count). The predicted octanol–water partition coefficient (Wildman–Crippen LogP) is 1.54. The van der Waals surface area contributed by atoms with Crippen molar-refractivity contribution in [3.8, 4) is 0 Å². The summed E-state index contributed by atoms with van der Waals surface area (Å²) in [5.41, 5.74) is 0.169. The smallest absolute Gasteiger partial charge is 0.331 e. The van der Waals surface area contributed by atoms with Crippen molar-refractivity contribution in [3.05, 3.63) is 0 Å². The molecule has 0 saturated heterocycles. The van der Waals surface area contributed by atoms with E-state index in [0.717, 1.165) is 18.8 Å². The van der Waals surface area contributed by atoms with Gasteiger partial charge in [-0.25, -0.2) is 4.79 Å². The van der Waals surface area contributed by atoms with E-state index in [0.29, 0.717) is 24.9 Å². The lowest BCUT2D eigenvalue weighted by Crippen LogP contribution is -2.56. The summed E-state index contributed by atoms with van der Waals surface area (Å²) < 4.78 is 15.6. The SMILES string of the molecule is COC(=O)COC1C2CC3CC1CC(COC=O)(C3)C2. The van der Waals surface area contributed by atoms with Gasteiger partial charge in [-0.3, -0.25) is 4.79 Å². The van der Waals surface area contributed by atoms with Gasteiger partial charge in [0.25, 0.3) is 6.47 Å². The molecule has 0 aliphatic heterocycles. The standard InChI is InChI=1S/C15H22O5/c1-18-13(17)7-20-14-11-2-10-3-12(14)6-15(4-10,5-11)8-19-9-16/h9-12,14H,2-8H2,1H3. The molecule has 4 aliphatic rings. The zero-order valence-electron chi connectivity index (χ0n) is 11.9. The number of esters is 1. The maximum absolute atomic E-state index is 11.2. The van der Waals surface area contributed by atoms with Gasteiger partial charge in [0.15, 0.2) is 0 Å². The van der Waals surface area contributed by atoms with Crippen LogP contribution in [0.25, 0.3) is 0 Å². The number of hydrogen-bond acceptors (Lipinski definition) is 5. The topological polar surface area (TPSA) is 61.8 Å². The molecule has 4 bridgehead atoms. The van der Waals surface area contributed by atoms with Crippen LogP contribution in [0.5, 0.6) is 0 Å². The van der Waals surface area contributed by atoms with Crippen LogP contribution in [-0.4, -0.2) is 38.9 Å². The summed E-state index contributed by atoms with van der Waals surface area (Å²) >= 11 is 0. The molecule has 0 aromatic heterocycles. The van der Waals surface area contributed by atoms with Crippen LogP contribution in [0.15, 0.2) is 0 Å². The Balaban J connectivity index is 1.65. The van der Waals surface area contributed by atoms with E-state index < -0.39 is 0 Å². The van der Waals surface area contributed by atoms with Crippen LogP contribution in [0, 0.1) is 23.2 Å². The molecule has 4 fully saturated rings. The van der Waals surface area contributed by atoms with Gasteiger partial charge >= 0.3 is 5.97 Å². The minimum absolute atomic E-state index is 0.0523. The number of rotatable bonds is 6. The Morgan fingerprint density at radius 1 is 1.25 bits per heavy atom. The summed E-state index contributed by atoms with van der Waals surface area (Å²) in [6.45, 7) is 1.16. The Bertz CT molecular complexity index is 378. The Morgan fingerprint density at radius 3 is 2.55 bits per heavy atom. The van der Waals surface area contributed by atoms with Gasteiger partial charge in [0.2, 0.25) is 0 Å². The van der Waals surface area contributed by atoms with Gasteiger partial charge in [-0.05, 0) is 49.9 Å². The van der Waals surface area contributed by atoms with Crippen molar-refractivity contribution < 1.29 is 23.8 Å². The molecule has 2 atom stereocenters. The van der Waals surface area contributed by atoms with Crippen molar-refractivity contribution in [3.63, 3.8) is 0 Å². The van der Waals surface area contributed by atoms with Gasteiger partial charge in [0.05, 0.1) is 19.8 Å². The highest BCUT2D eigenvalue weighted by molar-refractivity contribution is 5.70. The maximum Gasteiger partial charge on any atom is 0.331 e. The number of hydrogen-bond donors (Lipinski definition) is 0. The molecular formula is C15H22O5. The lowest BCUT2D eigenvalue weighted by atomic mass is 9.49. The molecule has 0 spiro atoms. The van der Waals surface area contributed by atoms with E-state index >= 15 is 0 Å². The van der Waals surface area contributed by atoms with Crippen LogP contribution in [0.1, 0.15) is 32.1 Å². The Morgan fingerprint density at radius 2 is 1.95 bits per heavy atom. The molecule has 5 heteroatoms. The fourth-order valence-electron chi connectivity index (χ4n) is 5.03. The number of ether oxygens (including phenoxy) is 3. The Labute approximate surface area is 118 Å². The molecular weight excluding hydrogens is 260 g/mol. The highest BCUT2D eigenvalue weighted by Crippen LogP contribution is 2.60. The highest BCUT2D eigenvalue weighted by atomic mass is 16.6. The number of carbonyl (C=O) groups is 2. The third-order valence-corrected chi connectivity index (χ3v) is 5.39. The molecule has 0 amide bonds. The maximum atomic E-state index is 11.2. The van der Waals surface area contributed by atoms with Gasteiger partial charge in [0, 0.05) is 5.41 Å². The second-order valence-corrected chi connectivity index (χ2v) is 6.73. The summed E-state index contributed by atoms with van der Waals surface area (Å²) in [6.07, 6.45) is 5.84. The van der Waals surface area contributed by atoms with Crippen LogP contribution in [-0.2, 0) is 23.8 Å². The largest absolute Gasteiger partial charge is 0.467 e. The first-order valence-corrected chi connectivity index (χ1v) is 7.39. The molecule has 0 aromatic rings. The van der Waals surface area contributed by atoms with E-state index in [2.05, 4.69) is 4.74 Å². The quantitative estimate of drug-likeness (QED) is 0.546. The van der Waals surface area contributed by atoms with Gasteiger partial charge in [0.1, 0.15) is 6.61 Å². The van der Waals surface area contributed by atoms with Gasteiger partial charge in [-0.15, -0.1) is 0 Å². The van der Waals surface area contributed by atoms with Crippen molar-refractivity contribution in [2.24, 2.45) is 23.2 Å². The van der Waals surface area contributed by atoms with Gasteiger partial charge < -0.3 is 14.2 Å². The lowest BCUT2D eigenvalue weighted by Gasteiger charge is -2.59. The number of carbonyl (C=O) groups excluding carboxylic acids is 2. The minimum atomic E-state index is -0.308. The van der Waals surface area contributed by atoms with Crippen molar-refractivity contribution >= 4 is 12.4 Å². The summed E-state index contributed by atoms with van der Waals surface area (Å²) in [6, 6.07) is 0. The van der Waals surface area contributed by atoms with E-state index in [1.807, 2.05) is 0 Å². The van der Waals surface area contributed by atoms with E-state index in [1.54, 1.807) is 0 Å². The molecule has 20 heavy (non-hydrogen) atoms. The summed E-state index contributed by atoms with van der Waals surface area (Å²) in [5.74, 6) is 1.43. The second-order valence-electron chi connectivity index (χ2n) is 6.73. The first kappa shape index (κ1) is 13.9. The van der Waals surface area contributed by atoms with E-state index in [4.69, 9.17) is 9.47 Å². The van der Waals surface area contributed by atoms with Crippen LogP contribution in [0.4, 0.5) is 0 Å². The van der Waals surface area contributed by atoms with Crippen LogP contribution in [0.3, 0.4) is 0 Å². The zero-order valence-corrected chi connectivity index (χ0v) is 11.9. The van der Waals surface area contributed by atoms with Gasteiger partial charge in [-0.1, -0.05) is 0 Å². The van der Waals surface area contributed by atoms with E-state index in [9.17, 15) is 9.59 Å². The molecule has 4 aliphatic carbocycles. The van der Waals surface area contributed by atoms with E-state index in [-0.39, 0.29) is 24.1 Å². The molecule has 0 aromatic carbocycles. The molecule has 0 N–H and O–H groups in total. The van der Waals surface area contributed by atoms with Crippen molar-refractivity contribution in [2.75, 3.05) is 20.3 Å². The van der Waals surface area contributed by atoms with Crippen LogP contribution in [0.2, 0.25) is 0 Å². The van der Waals surface area contributed by atoms with E-state index in [1.165, 1.54) is 26.4 Å². The van der Waals surface area contributed by atoms with Crippen molar-refractivity contribution in [1.29, 1.82) is 0 Å². The lowest BCUT2D eigenvalue weighted by molar-refractivity contribution is -0.183. The van der Waals surface area contributed by atoms with Gasteiger partial charge in [-0.2, -0.15) is 0 Å². The zero-order chi connectivity index (χ0) is 14.2. The average molecular weight is 282 g/mol. The molecule has 0 heterocycles. The fourth-order valence-corrected chi connectivity index (χ4v) is 5.03. The number of methoxy groups -OCH3 is 1. The fraction of sp³-hybridized carbons (Fsp3) is 0.867. The second kappa shape index (κ2) is 5.35. The van der Waals surface area contributed by atoms with Crippen molar-refractivity contribution in [1.82, 2.24) is 0 Å². The Hall–Kier alpha value is -1.10.